The lowest BCUT2D eigenvalue weighted by atomic mass is 9.98. The zero-order chi connectivity index (χ0) is 13.7. The molecule has 1 unspecified atom stereocenters. The Kier molecular flexibility index (Phi) is 4.46. The summed E-state index contributed by atoms with van der Waals surface area (Å²) in [6.07, 6.45) is 2.24. The molecular formula is C13H15N3O2S. The highest BCUT2D eigenvalue weighted by atomic mass is 32.1. The van der Waals surface area contributed by atoms with Crippen LogP contribution in [0.15, 0.2) is 36.5 Å². The van der Waals surface area contributed by atoms with Gasteiger partial charge in [0.25, 0.3) is 0 Å². The zero-order valence-corrected chi connectivity index (χ0v) is 11.4. The van der Waals surface area contributed by atoms with Gasteiger partial charge in [0, 0.05) is 6.54 Å². The summed E-state index contributed by atoms with van der Waals surface area (Å²) in [7, 11) is 0. The van der Waals surface area contributed by atoms with Crippen LogP contribution in [0.4, 0.5) is 10.1 Å². The van der Waals surface area contributed by atoms with E-state index in [1.807, 2.05) is 18.2 Å². The number of thiazole rings is 1. The first kappa shape index (κ1) is 13.5. The van der Waals surface area contributed by atoms with Crippen LogP contribution >= 0.6 is 11.3 Å². The highest BCUT2D eigenvalue weighted by Gasteiger charge is 2.11. The minimum atomic E-state index is -0.421. The monoisotopic (exact) mass is 277 g/mol. The second-order valence-electron chi connectivity index (χ2n) is 4.29. The molecule has 0 aliphatic carbocycles. The molecule has 2 rings (SSSR count). The molecule has 0 aliphatic rings. The van der Waals surface area contributed by atoms with Gasteiger partial charge in [-0.15, -0.1) is 0 Å². The van der Waals surface area contributed by atoms with Crippen LogP contribution < -0.4 is 5.32 Å². The fourth-order valence-corrected chi connectivity index (χ4v) is 2.43. The van der Waals surface area contributed by atoms with Gasteiger partial charge in [-0.25, -0.2) is 4.98 Å². The van der Waals surface area contributed by atoms with E-state index >= 15 is 0 Å². The van der Waals surface area contributed by atoms with Crippen molar-refractivity contribution in [3.8, 4) is 0 Å². The molecule has 0 saturated carbocycles. The van der Waals surface area contributed by atoms with Gasteiger partial charge in [0.1, 0.15) is 6.20 Å². The van der Waals surface area contributed by atoms with Gasteiger partial charge in [-0.2, -0.15) is 0 Å². The van der Waals surface area contributed by atoms with E-state index in [1.54, 1.807) is 0 Å². The molecule has 1 N–H and O–H groups in total. The van der Waals surface area contributed by atoms with Gasteiger partial charge >= 0.3 is 5.00 Å². The van der Waals surface area contributed by atoms with E-state index in [-0.39, 0.29) is 5.00 Å². The molecule has 0 spiro atoms. The number of rotatable bonds is 6. The fourth-order valence-electron chi connectivity index (χ4n) is 1.78. The number of aromatic nitrogens is 1. The average molecular weight is 277 g/mol. The van der Waals surface area contributed by atoms with Gasteiger partial charge in [0.05, 0.1) is 4.92 Å². The molecule has 1 heterocycles. The van der Waals surface area contributed by atoms with Crippen LogP contribution in [0.5, 0.6) is 0 Å². The molecule has 5 nitrogen and oxygen atoms in total. The van der Waals surface area contributed by atoms with Crippen LogP contribution in [-0.2, 0) is 0 Å². The molecule has 0 amide bonds. The van der Waals surface area contributed by atoms with Crippen LogP contribution in [0.3, 0.4) is 0 Å². The minimum Gasteiger partial charge on any atom is -0.361 e. The number of hydrogen-bond acceptors (Lipinski definition) is 5. The van der Waals surface area contributed by atoms with E-state index in [1.165, 1.54) is 11.8 Å². The third-order valence-electron chi connectivity index (χ3n) is 2.90. The van der Waals surface area contributed by atoms with Crippen molar-refractivity contribution in [2.75, 3.05) is 11.9 Å². The summed E-state index contributed by atoms with van der Waals surface area (Å²) in [5, 5.41) is 14.3. The molecule has 1 aromatic carbocycles. The number of hydrogen-bond donors (Lipinski definition) is 1. The van der Waals surface area contributed by atoms with E-state index in [0.717, 1.165) is 24.3 Å². The quantitative estimate of drug-likeness (QED) is 0.646. The Morgan fingerprint density at radius 2 is 2.16 bits per heavy atom. The van der Waals surface area contributed by atoms with E-state index in [2.05, 4.69) is 29.4 Å². The number of benzene rings is 1. The van der Waals surface area contributed by atoms with Crippen LogP contribution in [0.25, 0.3) is 0 Å². The number of nitrogens with one attached hydrogen (secondary N) is 1. The molecule has 2 aromatic rings. The Labute approximate surface area is 115 Å². The van der Waals surface area contributed by atoms with Crippen molar-refractivity contribution < 1.29 is 4.92 Å². The molecule has 1 aromatic heterocycles. The van der Waals surface area contributed by atoms with Crippen molar-refractivity contribution >= 4 is 21.5 Å². The molecule has 6 heteroatoms. The first-order valence-corrected chi connectivity index (χ1v) is 6.87. The van der Waals surface area contributed by atoms with E-state index in [4.69, 9.17) is 0 Å². The maximum atomic E-state index is 10.5. The van der Waals surface area contributed by atoms with Gasteiger partial charge in [-0.1, -0.05) is 37.3 Å². The van der Waals surface area contributed by atoms with Crippen LogP contribution in [0, 0.1) is 10.1 Å². The Morgan fingerprint density at radius 1 is 1.42 bits per heavy atom. The van der Waals surface area contributed by atoms with Crippen molar-refractivity contribution in [2.24, 2.45) is 0 Å². The molecule has 0 saturated heterocycles. The smallest absolute Gasteiger partial charge is 0.345 e. The summed E-state index contributed by atoms with van der Waals surface area (Å²) in [6.45, 7) is 2.92. The Balaban J connectivity index is 1.81. The van der Waals surface area contributed by atoms with Crippen molar-refractivity contribution in [2.45, 2.75) is 19.3 Å². The molecule has 0 radical (unpaired) electrons. The van der Waals surface area contributed by atoms with Gasteiger partial charge in [0.2, 0.25) is 0 Å². The van der Waals surface area contributed by atoms with Crippen molar-refractivity contribution in [3.05, 3.63) is 52.2 Å². The van der Waals surface area contributed by atoms with Crippen molar-refractivity contribution in [3.63, 3.8) is 0 Å². The number of anilines is 1. The van der Waals surface area contributed by atoms with Crippen LogP contribution in [-0.4, -0.2) is 16.5 Å². The predicted molar refractivity (Wildman–Crippen MR) is 76.7 cm³/mol. The predicted octanol–water partition coefficient (Wildman–Crippen LogP) is 3.66. The third kappa shape index (κ3) is 3.75. The van der Waals surface area contributed by atoms with E-state index < -0.39 is 4.92 Å². The minimum absolute atomic E-state index is 0.0682. The molecule has 19 heavy (non-hydrogen) atoms. The normalized spacial score (nSPS) is 12.1. The molecule has 100 valence electrons. The standard InChI is InChI=1S/C13H15N3O2S/c1-10(11-5-3-2-4-6-11)7-8-14-13-15-9-12(19-13)16(17)18/h2-6,9-10H,7-8H2,1H3,(H,14,15). The van der Waals surface area contributed by atoms with Gasteiger partial charge in [0.15, 0.2) is 5.13 Å². The molecule has 1 atom stereocenters. The summed E-state index contributed by atoms with van der Waals surface area (Å²) in [5.74, 6) is 0.448. The largest absolute Gasteiger partial charge is 0.361 e. The topological polar surface area (TPSA) is 68.1 Å². The Hall–Kier alpha value is -1.95. The molecular weight excluding hydrogens is 262 g/mol. The van der Waals surface area contributed by atoms with Crippen molar-refractivity contribution in [1.82, 2.24) is 4.98 Å². The lowest BCUT2D eigenvalue weighted by molar-refractivity contribution is -0.380. The van der Waals surface area contributed by atoms with Crippen LogP contribution in [0.2, 0.25) is 0 Å². The first-order valence-electron chi connectivity index (χ1n) is 6.06. The highest BCUT2D eigenvalue weighted by molar-refractivity contribution is 7.18. The molecule has 0 aliphatic heterocycles. The zero-order valence-electron chi connectivity index (χ0n) is 10.6. The highest BCUT2D eigenvalue weighted by Crippen LogP contribution is 2.25. The van der Waals surface area contributed by atoms with E-state index in [0.29, 0.717) is 11.0 Å². The maximum Gasteiger partial charge on any atom is 0.345 e. The second kappa shape index (κ2) is 6.29. The number of nitrogens with zero attached hydrogens (tertiary/aromatic N) is 2. The summed E-state index contributed by atoms with van der Waals surface area (Å²) in [6, 6.07) is 10.3. The summed E-state index contributed by atoms with van der Waals surface area (Å²) < 4.78 is 0. The molecule has 0 bridgehead atoms. The van der Waals surface area contributed by atoms with Gasteiger partial charge < -0.3 is 5.32 Å². The lowest BCUT2D eigenvalue weighted by Gasteiger charge is -2.11. The van der Waals surface area contributed by atoms with E-state index in [9.17, 15) is 10.1 Å². The summed E-state index contributed by atoms with van der Waals surface area (Å²) in [5.41, 5.74) is 1.30. The lowest BCUT2D eigenvalue weighted by Crippen LogP contribution is -2.05. The first-order chi connectivity index (χ1) is 9.16. The van der Waals surface area contributed by atoms with Crippen molar-refractivity contribution in [1.29, 1.82) is 0 Å². The fraction of sp³-hybridized carbons (Fsp3) is 0.308. The second-order valence-corrected chi connectivity index (χ2v) is 5.30. The maximum absolute atomic E-state index is 10.5. The van der Waals surface area contributed by atoms with Crippen LogP contribution in [0.1, 0.15) is 24.8 Å². The number of nitro groups is 1. The summed E-state index contributed by atoms with van der Waals surface area (Å²) >= 11 is 1.07. The third-order valence-corrected chi connectivity index (χ3v) is 3.80. The van der Waals surface area contributed by atoms with Gasteiger partial charge in [-0.05, 0) is 29.2 Å². The SMILES string of the molecule is CC(CCNc1ncc([N+](=O)[O-])s1)c1ccccc1. The Morgan fingerprint density at radius 3 is 2.79 bits per heavy atom. The molecule has 0 fully saturated rings. The average Bonchev–Trinajstić information content (AvgIpc) is 2.89. The summed E-state index contributed by atoms with van der Waals surface area (Å²) in [4.78, 5) is 14.1. The van der Waals surface area contributed by atoms with Gasteiger partial charge in [-0.3, -0.25) is 10.1 Å². The Bertz CT molecular complexity index is 542.